The Morgan fingerprint density at radius 2 is 1.86 bits per heavy atom. The van der Waals surface area contributed by atoms with E-state index in [0.717, 1.165) is 17.8 Å². The van der Waals surface area contributed by atoms with Crippen LogP contribution < -0.4 is 5.32 Å². The summed E-state index contributed by atoms with van der Waals surface area (Å²) < 4.78 is 0. The smallest absolute Gasteiger partial charge is 0.00463 e. The predicted molar refractivity (Wildman–Crippen MR) is 63.4 cm³/mol. The zero-order chi connectivity index (χ0) is 10.4. The zero-order valence-corrected chi connectivity index (χ0v) is 10.2. The molecule has 1 heteroatoms. The van der Waals surface area contributed by atoms with Crippen LogP contribution in [0.25, 0.3) is 0 Å². The van der Waals surface area contributed by atoms with Crippen molar-refractivity contribution in [1.29, 1.82) is 0 Å². The quantitative estimate of drug-likeness (QED) is 0.666. The minimum Gasteiger partial charge on any atom is -0.317 e. The Labute approximate surface area is 89.7 Å². The van der Waals surface area contributed by atoms with Crippen LogP contribution >= 0.6 is 0 Å². The molecule has 1 aliphatic carbocycles. The van der Waals surface area contributed by atoms with Gasteiger partial charge in [0.25, 0.3) is 0 Å². The van der Waals surface area contributed by atoms with Crippen molar-refractivity contribution < 1.29 is 0 Å². The molecular formula is C13H27N. The SMILES string of the molecule is CCCNCCC1CCC(C)C(C)C1. The molecule has 0 aromatic heterocycles. The van der Waals surface area contributed by atoms with Crippen molar-refractivity contribution in [3.05, 3.63) is 0 Å². The van der Waals surface area contributed by atoms with Crippen molar-refractivity contribution in [3.63, 3.8) is 0 Å². The topological polar surface area (TPSA) is 12.0 Å². The standard InChI is InChI=1S/C13H27N/c1-4-8-14-9-7-13-6-5-11(2)12(3)10-13/h11-14H,4-10H2,1-3H3. The Balaban J connectivity index is 2.07. The third-order valence-corrected chi connectivity index (χ3v) is 3.86. The average molecular weight is 197 g/mol. The number of rotatable bonds is 5. The van der Waals surface area contributed by atoms with Gasteiger partial charge in [0.2, 0.25) is 0 Å². The summed E-state index contributed by atoms with van der Waals surface area (Å²) in [6.07, 6.45) is 7.06. The molecule has 0 amide bonds. The lowest BCUT2D eigenvalue weighted by Gasteiger charge is -2.32. The lowest BCUT2D eigenvalue weighted by atomic mass is 9.75. The Hall–Kier alpha value is -0.0400. The first-order valence-electron chi connectivity index (χ1n) is 6.44. The van der Waals surface area contributed by atoms with Crippen molar-refractivity contribution in [3.8, 4) is 0 Å². The molecule has 0 aliphatic heterocycles. The van der Waals surface area contributed by atoms with Gasteiger partial charge in [-0.1, -0.05) is 33.6 Å². The number of hydrogen-bond acceptors (Lipinski definition) is 1. The molecule has 1 fully saturated rings. The first-order chi connectivity index (χ1) is 6.74. The molecule has 1 N–H and O–H groups in total. The number of hydrogen-bond donors (Lipinski definition) is 1. The van der Waals surface area contributed by atoms with Crippen LogP contribution in [0.15, 0.2) is 0 Å². The molecule has 1 aliphatic rings. The van der Waals surface area contributed by atoms with Gasteiger partial charge in [0.1, 0.15) is 0 Å². The molecule has 3 unspecified atom stereocenters. The van der Waals surface area contributed by atoms with Gasteiger partial charge in [-0.05, 0) is 50.1 Å². The Kier molecular flexibility index (Phi) is 5.54. The molecular weight excluding hydrogens is 170 g/mol. The van der Waals surface area contributed by atoms with E-state index in [9.17, 15) is 0 Å². The van der Waals surface area contributed by atoms with Crippen LogP contribution in [0.5, 0.6) is 0 Å². The van der Waals surface area contributed by atoms with E-state index in [4.69, 9.17) is 0 Å². The van der Waals surface area contributed by atoms with Crippen molar-refractivity contribution in [2.24, 2.45) is 17.8 Å². The summed E-state index contributed by atoms with van der Waals surface area (Å²) in [5, 5.41) is 3.51. The van der Waals surface area contributed by atoms with E-state index in [1.807, 2.05) is 0 Å². The van der Waals surface area contributed by atoms with Crippen LogP contribution in [-0.2, 0) is 0 Å². The summed E-state index contributed by atoms with van der Waals surface area (Å²) in [6.45, 7) is 9.50. The summed E-state index contributed by atoms with van der Waals surface area (Å²) in [6, 6.07) is 0. The maximum absolute atomic E-state index is 3.51. The van der Waals surface area contributed by atoms with E-state index >= 15 is 0 Å². The molecule has 84 valence electrons. The molecule has 0 bridgehead atoms. The third-order valence-electron chi connectivity index (χ3n) is 3.86. The van der Waals surface area contributed by atoms with E-state index in [0.29, 0.717) is 0 Å². The minimum absolute atomic E-state index is 0.958. The first kappa shape index (κ1) is 12.0. The Morgan fingerprint density at radius 3 is 2.50 bits per heavy atom. The van der Waals surface area contributed by atoms with Crippen molar-refractivity contribution >= 4 is 0 Å². The summed E-state index contributed by atoms with van der Waals surface area (Å²) in [5.74, 6) is 2.93. The van der Waals surface area contributed by atoms with Crippen LogP contribution in [0.4, 0.5) is 0 Å². The predicted octanol–water partition coefficient (Wildman–Crippen LogP) is 3.45. The van der Waals surface area contributed by atoms with Gasteiger partial charge in [-0.15, -0.1) is 0 Å². The highest BCUT2D eigenvalue weighted by Crippen LogP contribution is 2.34. The van der Waals surface area contributed by atoms with Crippen LogP contribution in [-0.4, -0.2) is 13.1 Å². The highest BCUT2D eigenvalue weighted by molar-refractivity contribution is 4.75. The van der Waals surface area contributed by atoms with Crippen molar-refractivity contribution in [2.45, 2.75) is 52.9 Å². The highest BCUT2D eigenvalue weighted by atomic mass is 14.8. The molecule has 0 spiro atoms. The Morgan fingerprint density at radius 1 is 1.07 bits per heavy atom. The molecule has 1 saturated carbocycles. The van der Waals surface area contributed by atoms with Gasteiger partial charge < -0.3 is 5.32 Å². The molecule has 0 heterocycles. The van der Waals surface area contributed by atoms with Crippen LogP contribution in [0.3, 0.4) is 0 Å². The second kappa shape index (κ2) is 6.44. The highest BCUT2D eigenvalue weighted by Gasteiger charge is 2.23. The van der Waals surface area contributed by atoms with Gasteiger partial charge >= 0.3 is 0 Å². The largest absolute Gasteiger partial charge is 0.317 e. The lowest BCUT2D eigenvalue weighted by molar-refractivity contribution is 0.200. The van der Waals surface area contributed by atoms with Crippen molar-refractivity contribution in [2.75, 3.05) is 13.1 Å². The molecule has 0 aromatic carbocycles. The monoisotopic (exact) mass is 197 g/mol. The molecule has 0 radical (unpaired) electrons. The molecule has 1 rings (SSSR count). The fraction of sp³-hybridized carbons (Fsp3) is 1.00. The van der Waals surface area contributed by atoms with E-state index < -0.39 is 0 Å². The lowest BCUT2D eigenvalue weighted by Crippen LogP contribution is -2.24. The molecule has 3 atom stereocenters. The summed E-state index contributed by atoms with van der Waals surface area (Å²) in [7, 11) is 0. The second-order valence-electron chi connectivity index (χ2n) is 5.17. The van der Waals surface area contributed by atoms with Crippen molar-refractivity contribution in [1.82, 2.24) is 5.32 Å². The normalized spacial score (nSPS) is 33.2. The summed E-state index contributed by atoms with van der Waals surface area (Å²) in [4.78, 5) is 0. The maximum atomic E-state index is 3.51. The first-order valence-corrected chi connectivity index (χ1v) is 6.44. The molecule has 0 saturated heterocycles. The molecule has 0 aromatic rings. The summed E-state index contributed by atoms with van der Waals surface area (Å²) in [5.41, 5.74) is 0. The zero-order valence-electron chi connectivity index (χ0n) is 10.2. The number of nitrogens with one attached hydrogen (secondary N) is 1. The van der Waals surface area contributed by atoms with E-state index in [1.165, 1.54) is 45.2 Å². The van der Waals surface area contributed by atoms with Gasteiger partial charge in [-0.3, -0.25) is 0 Å². The van der Waals surface area contributed by atoms with Gasteiger partial charge in [-0.25, -0.2) is 0 Å². The molecule has 1 nitrogen and oxygen atoms in total. The average Bonchev–Trinajstić information content (AvgIpc) is 2.18. The van der Waals surface area contributed by atoms with E-state index in [2.05, 4.69) is 26.1 Å². The Bertz CT molecular complexity index is 144. The van der Waals surface area contributed by atoms with Gasteiger partial charge in [0.05, 0.1) is 0 Å². The maximum Gasteiger partial charge on any atom is -0.00463 e. The van der Waals surface area contributed by atoms with Crippen LogP contribution in [0, 0.1) is 17.8 Å². The summed E-state index contributed by atoms with van der Waals surface area (Å²) >= 11 is 0. The van der Waals surface area contributed by atoms with Gasteiger partial charge in [0, 0.05) is 0 Å². The second-order valence-corrected chi connectivity index (χ2v) is 5.17. The van der Waals surface area contributed by atoms with Crippen LogP contribution in [0.1, 0.15) is 52.9 Å². The molecule has 14 heavy (non-hydrogen) atoms. The van der Waals surface area contributed by atoms with E-state index in [1.54, 1.807) is 0 Å². The van der Waals surface area contributed by atoms with Gasteiger partial charge in [-0.2, -0.15) is 0 Å². The minimum atomic E-state index is 0.958. The fourth-order valence-electron chi connectivity index (χ4n) is 2.53. The van der Waals surface area contributed by atoms with Crippen LogP contribution in [0.2, 0.25) is 0 Å². The fourth-order valence-corrected chi connectivity index (χ4v) is 2.53. The van der Waals surface area contributed by atoms with E-state index in [-0.39, 0.29) is 0 Å². The third kappa shape index (κ3) is 4.00. The van der Waals surface area contributed by atoms with Gasteiger partial charge in [0.15, 0.2) is 0 Å².